The second-order valence-corrected chi connectivity index (χ2v) is 4.31. The van der Waals surface area contributed by atoms with Crippen molar-refractivity contribution in [2.75, 3.05) is 31.6 Å². The van der Waals surface area contributed by atoms with Gasteiger partial charge in [-0.2, -0.15) is 5.26 Å². The number of ether oxygens (including phenoxy) is 1. The average molecular weight is 289 g/mol. The molecular formula is C15H19N3O3. The third-order valence-electron chi connectivity index (χ3n) is 2.79. The molecule has 1 amide bonds. The van der Waals surface area contributed by atoms with Crippen LogP contribution in [0.15, 0.2) is 24.3 Å². The molecular weight excluding hydrogens is 270 g/mol. The number of benzene rings is 1. The topological polar surface area (TPSA) is 82.4 Å². The van der Waals surface area contributed by atoms with Gasteiger partial charge in [0.1, 0.15) is 6.07 Å². The predicted molar refractivity (Wildman–Crippen MR) is 78.5 cm³/mol. The lowest BCUT2D eigenvalue weighted by Gasteiger charge is -2.18. The van der Waals surface area contributed by atoms with Crippen molar-refractivity contribution < 1.29 is 14.3 Å². The number of carbonyl (C=O) groups is 2. The van der Waals surface area contributed by atoms with E-state index in [0.29, 0.717) is 24.4 Å². The van der Waals surface area contributed by atoms with Gasteiger partial charge in [-0.15, -0.1) is 0 Å². The molecule has 0 aliphatic heterocycles. The summed E-state index contributed by atoms with van der Waals surface area (Å²) in [5, 5.41) is 11.6. The second kappa shape index (κ2) is 8.72. The Hall–Kier alpha value is -2.39. The zero-order valence-corrected chi connectivity index (χ0v) is 12.3. The summed E-state index contributed by atoms with van der Waals surface area (Å²) in [6.45, 7) is 4.59. The summed E-state index contributed by atoms with van der Waals surface area (Å²) in [6.07, 6.45) is 0. The summed E-state index contributed by atoms with van der Waals surface area (Å²) in [7, 11) is 0. The lowest BCUT2D eigenvalue weighted by molar-refractivity contribution is -0.144. The first-order valence-corrected chi connectivity index (χ1v) is 6.77. The first-order chi connectivity index (χ1) is 10.1. The van der Waals surface area contributed by atoms with Crippen LogP contribution in [0.2, 0.25) is 0 Å². The molecule has 0 heterocycles. The Labute approximate surface area is 124 Å². The molecule has 0 aliphatic carbocycles. The van der Waals surface area contributed by atoms with Crippen molar-refractivity contribution in [1.29, 1.82) is 5.26 Å². The second-order valence-electron chi connectivity index (χ2n) is 4.31. The minimum absolute atomic E-state index is 0.0646. The molecule has 0 bridgehead atoms. The van der Waals surface area contributed by atoms with Gasteiger partial charge < -0.3 is 10.1 Å². The number of para-hydroxylation sites is 1. The van der Waals surface area contributed by atoms with E-state index in [1.165, 1.54) is 0 Å². The summed E-state index contributed by atoms with van der Waals surface area (Å²) in [6, 6.07) is 8.78. The van der Waals surface area contributed by atoms with Crippen LogP contribution in [0.5, 0.6) is 0 Å². The number of anilines is 1. The molecule has 112 valence electrons. The van der Waals surface area contributed by atoms with Crippen molar-refractivity contribution in [1.82, 2.24) is 4.90 Å². The third-order valence-corrected chi connectivity index (χ3v) is 2.79. The van der Waals surface area contributed by atoms with E-state index in [9.17, 15) is 9.59 Å². The van der Waals surface area contributed by atoms with E-state index in [-0.39, 0.29) is 25.0 Å². The zero-order chi connectivity index (χ0) is 15.7. The normalized spacial score (nSPS) is 10.0. The number of likely N-dealkylation sites (N-methyl/N-ethyl adjacent to an activating group) is 1. The maximum atomic E-state index is 12.0. The van der Waals surface area contributed by atoms with Crippen LogP contribution in [0.25, 0.3) is 0 Å². The highest BCUT2D eigenvalue weighted by atomic mass is 16.5. The molecule has 0 saturated heterocycles. The predicted octanol–water partition coefficient (Wildman–Crippen LogP) is 1.38. The van der Waals surface area contributed by atoms with Crippen molar-refractivity contribution in [2.45, 2.75) is 13.8 Å². The van der Waals surface area contributed by atoms with Crippen LogP contribution in [-0.2, 0) is 14.3 Å². The van der Waals surface area contributed by atoms with Crippen LogP contribution >= 0.6 is 0 Å². The van der Waals surface area contributed by atoms with Crippen LogP contribution in [0.1, 0.15) is 19.4 Å². The SMILES string of the molecule is CCOC(=O)CN(CC)CC(=O)Nc1ccccc1C#N. The summed E-state index contributed by atoms with van der Waals surface area (Å²) in [5.74, 6) is -0.631. The number of carbonyl (C=O) groups excluding carboxylic acids is 2. The van der Waals surface area contributed by atoms with Gasteiger partial charge in [-0.1, -0.05) is 19.1 Å². The van der Waals surface area contributed by atoms with Crippen molar-refractivity contribution >= 4 is 17.6 Å². The number of hydrogen-bond donors (Lipinski definition) is 1. The number of rotatable bonds is 7. The summed E-state index contributed by atoms with van der Waals surface area (Å²) in [5.41, 5.74) is 0.872. The van der Waals surface area contributed by atoms with Crippen molar-refractivity contribution in [2.24, 2.45) is 0 Å². The van der Waals surface area contributed by atoms with Gasteiger partial charge >= 0.3 is 5.97 Å². The maximum Gasteiger partial charge on any atom is 0.320 e. The fraction of sp³-hybridized carbons (Fsp3) is 0.400. The number of amides is 1. The Kier molecular flexibility index (Phi) is 6.92. The first kappa shape index (κ1) is 16.7. The average Bonchev–Trinajstić information content (AvgIpc) is 2.47. The van der Waals surface area contributed by atoms with E-state index in [1.54, 1.807) is 36.1 Å². The van der Waals surface area contributed by atoms with Gasteiger partial charge in [0.15, 0.2) is 0 Å². The molecule has 0 fully saturated rings. The Morgan fingerprint density at radius 3 is 2.62 bits per heavy atom. The fourth-order valence-electron chi connectivity index (χ4n) is 1.75. The molecule has 1 aromatic carbocycles. The van der Waals surface area contributed by atoms with E-state index >= 15 is 0 Å². The molecule has 6 heteroatoms. The maximum absolute atomic E-state index is 12.0. The van der Waals surface area contributed by atoms with Crippen molar-refractivity contribution in [3.05, 3.63) is 29.8 Å². The van der Waals surface area contributed by atoms with Gasteiger partial charge in [0, 0.05) is 0 Å². The number of hydrogen-bond acceptors (Lipinski definition) is 5. The van der Waals surface area contributed by atoms with Gasteiger partial charge in [-0.25, -0.2) is 0 Å². The van der Waals surface area contributed by atoms with Gasteiger partial charge in [-0.3, -0.25) is 14.5 Å². The highest BCUT2D eigenvalue weighted by molar-refractivity contribution is 5.93. The molecule has 1 aromatic rings. The molecule has 21 heavy (non-hydrogen) atoms. The standard InChI is InChI=1S/C15H19N3O3/c1-3-18(11-15(20)21-4-2)10-14(19)17-13-8-6-5-7-12(13)9-16/h5-8H,3-4,10-11H2,1-2H3,(H,17,19). The molecule has 6 nitrogen and oxygen atoms in total. The number of nitrogens with one attached hydrogen (secondary N) is 1. The highest BCUT2D eigenvalue weighted by Crippen LogP contribution is 2.13. The van der Waals surface area contributed by atoms with Gasteiger partial charge in [0.25, 0.3) is 0 Å². The van der Waals surface area contributed by atoms with Crippen molar-refractivity contribution in [3.8, 4) is 6.07 Å². The third kappa shape index (κ3) is 5.63. The molecule has 0 saturated carbocycles. The van der Waals surface area contributed by atoms with Crippen molar-refractivity contribution in [3.63, 3.8) is 0 Å². The largest absolute Gasteiger partial charge is 0.465 e. The summed E-state index contributed by atoms with van der Waals surface area (Å²) in [4.78, 5) is 25.1. The van der Waals surface area contributed by atoms with E-state index in [1.807, 2.05) is 13.0 Å². The number of nitriles is 1. The lowest BCUT2D eigenvalue weighted by atomic mass is 10.2. The zero-order valence-electron chi connectivity index (χ0n) is 12.3. The van der Waals surface area contributed by atoms with Crippen LogP contribution < -0.4 is 5.32 Å². The van der Waals surface area contributed by atoms with Crippen LogP contribution in [0.3, 0.4) is 0 Å². The monoisotopic (exact) mass is 289 g/mol. The molecule has 0 atom stereocenters. The summed E-state index contributed by atoms with van der Waals surface area (Å²) < 4.78 is 4.86. The Bertz CT molecular complexity index is 537. The lowest BCUT2D eigenvalue weighted by Crippen LogP contribution is -2.37. The minimum atomic E-state index is -0.357. The van der Waals surface area contributed by atoms with Gasteiger partial charge in [0.2, 0.25) is 5.91 Å². The Morgan fingerprint density at radius 2 is 2.00 bits per heavy atom. The van der Waals surface area contributed by atoms with Crippen LogP contribution in [0.4, 0.5) is 5.69 Å². The Balaban J connectivity index is 2.59. The van der Waals surface area contributed by atoms with Gasteiger partial charge in [0.05, 0.1) is 30.9 Å². The smallest absolute Gasteiger partial charge is 0.320 e. The number of nitrogens with zero attached hydrogens (tertiary/aromatic N) is 2. The fourth-order valence-corrected chi connectivity index (χ4v) is 1.75. The molecule has 0 aliphatic rings. The molecule has 1 N–H and O–H groups in total. The molecule has 1 rings (SSSR count). The molecule has 0 radical (unpaired) electrons. The Morgan fingerprint density at radius 1 is 1.29 bits per heavy atom. The van der Waals surface area contributed by atoms with E-state index in [4.69, 9.17) is 10.00 Å². The molecule has 0 spiro atoms. The quantitative estimate of drug-likeness (QED) is 0.767. The molecule has 0 aromatic heterocycles. The number of esters is 1. The van der Waals surface area contributed by atoms with Crippen LogP contribution in [-0.4, -0.2) is 43.0 Å². The van der Waals surface area contributed by atoms with Gasteiger partial charge in [-0.05, 0) is 25.6 Å². The molecule has 0 unspecified atom stereocenters. The van der Waals surface area contributed by atoms with Crippen LogP contribution in [0, 0.1) is 11.3 Å². The van der Waals surface area contributed by atoms with E-state index < -0.39 is 0 Å². The first-order valence-electron chi connectivity index (χ1n) is 6.77. The van der Waals surface area contributed by atoms with E-state index in [0.717, 1.165) is 0 Å². The minimum Gasteiger partial charge on any atom is -0.465 e. The summed E-state index contributed by atoms with van der Waals surface area (Å²) >= 11 is 0. The van der Waals surface area contributed by atoms with E-state index in [2.05, 4.69) is 5.32 Å². The highest BCUT2D eigenvalue weighted by Gasteiger charge is 2.14.